The van der Waals surface area contributed by atoms with E-state index in [9.17, 15) is 19.5 Å². The topological polar surface area (TPSA) is 85.9 Å². The third kappa shape index (κ3) is 3.06. The molecule has 2 heterocycles. The molecule has 1 aliphatic rings. The molecule has 0 amide bonds. The van der Waals surface area contributed by atoms with Gasteiger partial charge >= 0.3 is 7.60 Å². The van der Waals surface area contributed by atoms with Crippen molar-refractivity contribution in [1.82, 2.24) is 9.47 Å². The van der Waals surface area contributed by atoms with Gasteiger partial charge in [-0.15, -0.1) is 0 Å². The standard InChI is InChI=1S/C15H21N2O4P/c1-16-7-3-4-12(16)8-11-9-17(10-22(19,20)21)13-5-2-6-14(18)15(11)13/h2,5-6,9,12,18H,3-4,7-8,10H2,1H3,(H2,19,20,21)/t12-/m1/s1. The zero-order valence-corrected chi connectivity index (χ0v) is 13.4. The molecule has 0 saturated carbocycles. The third-order valence-corrected chi connectivity index (χ3v) is 5.10. The molecule has 1 aromatic heterocycles. The van der Waals surface area contributed by atoms with Crippen molar-refractivity contribution >= 4 is 18.5 Å². The predicted molar refractivity (Wildman–Crippen MR) is 85.0 cm³/mol. The Bertz CT molecular complexity index is 736. The summed E-state index contributed by atoms with van der Waals surface area (Å²) in [7, 11) is -2.08. The number of aromatic nitrogens is 1. The zero-order chi connectivity index (χ0) is 15.9. The summed E-state index contributed by atoms with van der Waals surface area (Å²) in [4.78, 5) is 20.8. The van der Waals surface area contributed by atoms with Crippen LogP contribution in [0.3, 0.4) is 0 Å². The van der Waals surface area contributed by atoms with E-state index in [0.717, 1.165) is 31.4 Å². The second kappa shape index (κ2) is 5.70. The first-order valence-electron chi connectivity index (χ1n) is 7.39. The molecule has 120 valence electrons. The molecular formula is C15H21N2O4P. The molecule has 1 fully saturated rings. The monoisotopic (exact) mass is 324 g/mol. The van der Waals surface area contributed by atoms with E-state index in [1.807, 2.05) is 0 Å². The number of nitrogens with zero attached hydrogens (tertiary/aromatic N) is 2. The fraction of sp³-hybridized carbons (Fsp3) is 0.467. The number of hydrogen-bond donors (Lipinski definition) is 3. The number of phenols is 1. The van der Waals surface area contributed by atoms with Gasteiger partial charge in [0.2, 0.25) is 0 Å². The highest BCUT2D eigenvalue weighted by atomic mass is 31.2. The Balaban J connectivity index is 2.03. The quantitative estimate of drug-likeness (QED) is 0.750. The second-order valence-electron chi connectivity index (χ2n) is 6.08. The molecule has 0 radical (unpaired) electrons. The first kappa shape index (κ1) is 15.6. The highest BCUT2D eigenvalue weighted by Gasteiger charge is 2.24. The van der Waals surface area contributed by atoms with E-state index >= 15 is 0 Å². The van der Waals surface area contributed by atoms with Crippen molar-refractivity contribution in [3.05, 3.63) is 30.0 Å². The van der Waals surface area contributed by atoms with Crippen LogP contribution in [0.5, 0.6) is 5.75 Å². The van der Waals surface area contributed by atoms with E-state index in [2.05, 4.69) is 11.9 Å². The predicted octanol–water partition coefficient (Wildman–Crippen LogP) is 2.12. The van der Waals surface area contributed by atoms with Gasteiger partial charge in [-0.05, 0) is 50.6 Å². The SMILES string of the molecule is CN1CCC[C@@H]1Cc1cn(CP(=O)(O)O)c2cccc(O)c12. The van der Waals surface area contributed by atoms with Crippen LogP contribution in [-0.2, 0) is 17.3 Å². The normalized spacial score (nSPS) is 20.0. The maximum absolute atomic E-state index is 11.3. The van der Waals surface area contributed by atoms with Crippen LogP contribution < -0.4 is 0 Å². The summed E-state index contributed by atoms with van der Waals surface area (Å²) in [6, 6.07) is 5.51. The van der Waals surface area contributed by atoms with Gasteiger partial charge in [-0.1, -0.05) is 6.07 Å². The number of rotatable bonds is 4. The van der Waals surface area contributed by atoms with Gasteiger partial charge in [0.05, 0.1) is 5.52 Å². The highest BCUT2D eigenvalue weighted by Crippen LogP contribution is 2.40. The molecule has 0 bridgehead atoms. The Morgan fingerprint density at radius 1 is 1.36 bits per heavy atom. The van der Waals surface area contributed by atoms with Gasteiger partial charge < -0.3 is 24.4 Å². The first-order chi connectivity index (χ1) is 10.3. The van der Waals surface area contributed by atoms with E-state index in [1.54, 1.807) is 29.0 Å². The molecule has 1 saturated heterocycles. The van der Waals surface area contributed by atoms with Crippen molar-refractivity contribution in [1.29, 1.82) is 0 Å². The second-order valence-corrected chi connectivity index (χ2v) is 7.69. The summed E-state index contributed by atoms with van der Waals surface area (Å²) >= 11 is 0. The zero-order valence-electron chi connectivity index (χ0n) is 12.5. The van der Waals surface area contributed by atoms with Crippen LogP contribution in [0.4, 0.5) is 0 Å². The van der Waals surface area contributed by atoms with Crippen LogP contribution in [0.25, 0.3) is 10.9 Å². The Morgan fingerprint density at radius 2 is 2.14 bits per heavy atom. The van der Waals surface area contributed by atoms with E-state index in [1.165, 1.54) is 0 Å². The van der Waals surface area contributed by atoms with Gasteiger partial charge in [0.15, 0.2) is 0 Å². The summed E-state index contributed by atoms with van der Waals surface area (Å²) in [6.45, 7) is 1.07. The molecule has 3 N–H and O–H groups in total. The maximum atomic E-state index is 11.3. The van der Waals surface area contributed by atoms with E-state index in [0.29, 0.717) is 16.9 Å². The van der Waals surface area contributed by atoms with Crippen molar-refractivity contribution in [2.75, 3.05) is 13.6 Å². The Labute approximate surface area is 129 Å². The molecule has 0 unspecified atom stereocenters. The fourth-order valence-electron chi connectivity index (χ4n) is 3.38. The third-order valence-electron chi connectivity index (χ3n) is 4.43. The molecule has 1 aromatic carbocycles. The van der Waals surface area contributed by atoms with Gasteiger partial charge in [0, 0.05) is 17.6 Å². The van der Waals surface area contributed by atoms with E-state index in [4.69, 9.17) is 0 Å². The maximum Gasteiger partial charge on any atom is 0.345 e. The van der Waals surface area contributed by atoms with E-state index < -0.39 is 7.60 Å². The Hall–Kier alpha value is -1.33. The Kier molecular flexibility index (Phi) is 4.03. The molecular weight excluding hydrogens is 303 g/mol. The van der Waals surface area contributed by atoms with Crippen molar-refractivity contribution < 1.29 is 19.5 Å². The van der Waals surface area contributed by atoms with E-state index in [-0.39, 0.29) is 12.0 Å². The lowest BCUT2D eigenvalue weighted by molar-refractivity contribution is 0.309. The lowest BCUT2D eigenvalue weighted by atomic mass is 10.0. The molecule has 7 heteroatoms. The van der Waals surface area contributed by atoms with Crippen LogP contribution in [0, 0.1) is 0 Å². The van der Waals surface area contributed by atoms with Crippen molar-refractivity contribution in [3.63, 3.8) is 0 Å². The average Bonchev–Trinajstić information content (AvgIpc) is 2.95. The van der Waals surface area contributed by atoms with Gasteiger partial charge in [0.1, 0.15) is 12.0 Å². The summed E-state index contributed by atoms with van der Waals surface area (Å²) < 4.78 is 12.9. The number of hydrogen-bond acceptors (Lipinski definition) is 3. The minimum Gasteiger partial charge on any atom is -0.507 e. The molecule has 3 rings (SSSR count). The highest BCUT2D eigenvalue weighted by molar-refractivity contribution is 7.50. The summed E-state index contributed by atoms with van der Waals surface area (Å²) in [6.07, 6.45) is 4.45. The first-order valence-corrected chi connectivity index (χ1v) is 9.19. The Morgan fingerprint density at radius 3 is 2.77 bits per heavy atom. The summed E-state index contributed by atoms with van der Waals surface area (Å²) in [5, 5.41) is 10.9. The fourth-order valence-corrected chi connectivity index (χ4v) is 4.01. The minimum absolute atomic E-state index is 0.164. The molecule has 6 nitrogen and oxygen atoms in total. The smallest absolute Gasteiger partial charge is 0.345 e. The molecule has 2 aromatic rings. The number of likely N-dealkylation sites (tertiary alicyclic amines) is 1. The number of fused-ring (bicyclic) bond motifs is 1. The van der Waals surface area contributed by atoms with Crippen LogP contribution >= 0.6 is 7.60 Å². The van der Waals surface area contributed by atoms with Crippen LogP contribution in [-0.4, -0.2) is 44.0 Å². The number of phenolic OH excluding ortho intramolecular Hbond substituents is 1. The number of benzene rings is 1. The lowest BCUT2D eigenvalue weighted by Crippen LogP contribution is -2.26. The molecule has 1 aliphatic heterocycles. The van der Waals surface area contributed by atoms with Crippen molar-refractivity contribution in [3.8, 4) is 5.75 Å². The van der Waals surface area contributed by atoms with Crippen LogP contribution in [0.2, 0.25) is 0 Å². The number of likely N-dealkylation sites (N-methyl/N-ethyl adjacent to an activating group) is 1. The lowest BCUT2D eigenvalue weighted by Gasteiger charge is -2.18. The number of aromatic hydroxyl groups is 1. The summed E-state index contributed by atoms with van der Waals surface area (Å²) in [5.41, 5.74) is 1.61. The summed E-state index contributed by atoms with van der Waals surface area (Å²) in [5.74, 6) is 0.164. The van der Waals surface area contributed by atoms with Crippen molar-refractivity contribution in [2.45, 2.75) is 31.6 Å². The molecule has 1 atom stereocenters. The van der Waals surface area contributed by atoms with Crippen LogP contribution in [0.1, 0.15) is 18.4 Å². The minimum atomic E-state index is -4.17. The van der Waals surface area contributed by atoms with Gasteiger partial charge in [0.25, 0.3) is 0 Å². The molecule has 22 heavy (non-hydrogen) atoms. The average molecular weight is 324 g/mol. The van der Waals surface area contributed by atoms with Gasteiger partial charge in [-0.3, -0.25) is 4.57 Å². The largest absolute Gasteiger partial charge is 0.507 e. The molecule has 0 aliphatic carbocycles. The van der Waals surface area contributed by atoms with Crippen molar-refractivity contribution in [2.24, 2.45) is 0 Å². The van der Waals surface area contributed by atoms with Crippen LogP contribution in [0.15, 0.2) is 24.4 Å². The van der Waals surface area contributed by atoms with Gasteiger partial charge in [-0.25, -0.2) is 0 Å². The molecule has 0 spiro atoms. The van der Waals surface area contributed by atoms with Gasteiger partial charge in [-0.2, -0.15) is 0 Å².